The molecule has 2 rings (SSSR count). The van der Waals surface area contributed by atoms with Crippen molar-refractivity contribution in [2.75, 3.05) is 17.1 Å². The van der Waals surface area contributed by atoms with Gasteiger partial charge in [-0.3, -0.25) is 9.29 Å². The fraction of sp³-hybridized carbons (Fsp3) is 0.143. The van der Waals surface area contributed by atoms with Crippen molar-refractivity contribution >= 4 is 21.4 Å². The molecule has 21 heavy (non-hydrogen) atoms. The zero-order chi connectivity index (χ0) is 15.5. The summed E-state index contributed by atoms with van der Waals surface area (Å²) >= 11 is 0. The highest BCUT2D eigenvalue weighted by Crippen LogP contribution is 2.24. The van der Waals surface area contributed by atoms with Crippen LogP contribution >= 0.6 is 0 Å². The summed E-state index contributed by atoms with van der Waals surface area (Å²) in [7, 11) is -2.12. The number of aromatic nitrogens is 1. The number of nitriles is 1. The topological polar surface area (TPSA) is 100 Å². The van der Waals surface area contributed by atoms with E-state index in [1.165, 1.54) is 19.4 Å². The lowest BCUT2D eigenvalue weighted by molar-refractivity contribution is 0.593. The third-order valence-corrected chi connectivity index (χ3v) is 4.75. The Morgan fingerprint density at radius 3 is 2.52 bits per heavy atom. The third-order valence-electron chi connectivity index (χ3n) is 3.02. The Morgan fingerprint density at radius 1 is 1.29 bits per heavy atom. The highest BCUT2D eigenvalue weighted by Gasteiger charge is 2.20. The molecular formula is C14H14N4O2S. The molecule has 0 saturated heterocycles. The van der Waals surface area contributed by atoms with Crippen molar-refractivity contribution in [1.29, 1.82) is 5.26 Å². The smallest absolute Gasteiger partial charge is 0.239 e. The van der Waals surface area contributed by atoms with E-state index in [-0.39, 0.29) is 5.75 Å². The second-order valence-corrected chi connectivity index (χ2v) is 6.47. The Kier molecular flexibility index (Phi) is 4.10. The molecule has 2 aromatic rings. The van der Waals surface area contributed by atoms with E-state index in [1.807, 2.05) is 6.07 Å². The fourth-order valence-electron chi connectivity index (χ4n) is 1.82. The maximum atomic E-state index is 12.4. The van der Waals surface area contributed by atoms with Gasteiger partial charge in [0.25, 0.3) is 0 Å². The SMILES string of the molecule is CN(c1ccncc1N)S(=O)(=O)Cc1ccc(C#N)cc1. The van der Waals surface area contributed by atoms with E-state index < -0.39 is 10.0 Å². The highest BCUT2D eigenvalue weighted by molar-refractivity contribution is 7.92. The van der Waals surface area contributed by atoms with Gasteiger partial charge in [0.1, 0.15) is 0 Å². The lowest BCUT2D eigenvalue weighted by Gasteiger charge is -2.20. The van der Waals surface area contributed by atoms with Crippen LogP contribution in [0.1, 0.15) is 11.1 Å². The van der Waals surface area contributed by atoms with Crippen molar-refractivity contribution in [2.24, 2.45) is 0 Å². The van der Waals surface area contributed by atoms with E-state index in [9.17, 15) is 8.42 Å². The first-order chi connectivity index (χ1) is 9.94. The van der Waals surface area contributed by atoms with Crippen molar-refractivity contribution in [1.82, 2.24) is 4.98 Å². The van der Waals surface area contributed by atoms with Crippen LogP contribution < -0.4 is 10.0 Å². The molecule has 0 unspecified atom stereocenters. The van der Waals surface area contributed by atoms with Crippen molar-refractivity contribution in [3.05, 3.63) is 53.9 Å². The van der Waals surface area contributed by atoms with Gasteiger partial charge in [0.2, 0.25) is 10.0 Å². The second-order valence-electron chi connectivity index (χ2n) is 4.47. The predicted octanol–water partition coefficient (Wildman–Crippen LogP) is 1.50. The number of pyridine rings is 1. The van der Waals surface area contributed by atoms with Crippen LogP contribution in [-0.4, -0.2) is 20.4 Å². The summed E-state index contributed by atoms with van der Waals surface area (Å²) in [5, 5.41) is 8.73. The molecule has 0 radical (unpaired) electrons. The average Bonchev–Trinajstić information content (AvgIpc) is 2.47. The summed E-state index contributed by atoms with van der Waals surface area (Å²) in [4.78, 5) is 3.84. The molecular weight excluding hydrogens is 288 g/mol. The molecule has 0 amide bonds. The lowest BCUT2D eigenvalue weighted by Crippen LogP contribution is -2.28. The van der Waals surface area contributed by atoms with E-state index in [4.69, 9.17) is 11.0 Å². The summed E-state index contributed by atoms with van der Waals surface area (Å²) in [6, 6.07) is 9.96. The van der Waals surface area contributed by atoms with Gasteiger partial charge >= 0.3 is 0 Å². The van der Waals surface area contributed by atoms with Gasteiger partial charge in [-0.15, -0.1) is 0 Å². The van der Waals surface area contributed by atoms with Crippen LogP contribution in [0.2, 0.25) is 0 Å². The van der Waals surface area contributed by atoms with Gasteiger partial charge in [-0.05, 0) is 23.8 Å². The zero-order valence-electron chi connectivity index (χ0n) is 11.4. The minimum atomic E-state index is -3.57. The monoisotopic (exact) mass is 302 g/mol. The zero-order valence-corrected chi connectivity index (χ0v) is 12.2. The van der Waals surface area contributed by atoms with Crippen LogP contribution in [0.4, 0.5) is 11.4 Å². The normalized spacial score (nSPS) is 10.9. The largest absolute Gasteiger partial charge is 0.396 e. The maximum Gasteiger partial charge on any atom is 0.239 e. The number of rotatable bonds is 4. The molecule has 6 nitrogen and oxygen atoms in total. The molecule has 1 aromatic carbocycles. The maximum absolute atomic E-state index is 12.4. The summed E-state index contributed by atoms with van der Waals surface area (Å²) in [5.41, 5.74) is 7.52. The van der Waals surface area contributed by atoms with Crippen LogP contribution in [0.3, 0.4) is 0 Å². The van der Waals surface area contributed by atoms with E-state index in [0.717, 1.165) is 4.31 Å². The summed E-state index contributed by atoms with van der Waals surface area (Å²) < 4.78 is 25.9. The van der Waals surface area contributed by atoms with Gasteiger partial charge in [0.15, 0.2) is 0 Å². The van der Waals surface area contributed by atoms with Crippen molar-refractivity contribution in [3.63, 3.8) is 0 Å². The Hall–Kier alpha value is -2.59. The van der Waals surface area contributed by atoms with E-state index >= 15 is 0 Å². The molecule has 0 bridgehead atoms. The Morgan fingerprint density at radius 2 is 1.95 bits per heavy atom. The standard InChI is InChI=1S/C14H14N4O2S/c1-18(14-6-7-17-9-13(14)16)21(19,20)10-12-4-2-11(8-15)3-5-12/h2-7,9H,10,16H2,1H3. The molecule has 2 N–H and O–H groups in total. The lowest BCUT2D eigenvalue weighted by atomic mass is 10.2. The molecule has 0 atom stereocenters. The Labute approximate surface area is 123 Å². The predicted molar refractivity (Wildman–Crippen MR) is 80.8 cm³/mol. The van der Waals surface area contributed by atoms with Gasteiger partial charge in [-0.1, -0.05) is 12.1 Å². The van der Waals surface area contributed by atoms with Gasteiger partial charge in [-0.25, -0.2) is 8.42 Å². The summed E-state index contributed by atoms with van der Waals surface area (Å²) in [6.07, 6.45) is 2.89. The van der Waals surface area contributed by atoms with E-state index in [2.05, 4.69) is 4.98 Å². The number of hydrogen-bond acceptors (Lipinski definition) is 5. The Bertz CT molecular complexity index is 779. The van der Waals surface area contributed by atoms with Gasteiger partial charge in [0, 0.05) is 13.2 Å². The van der Waals surface area contributed by atoms with Crippen molar-refractivity contribution in [3.8, 4) is 6.07 Å². The molecule has 1 aromatic heterocycles. The number of benzene rings is 1. The van der Waals surface area contributed by atoms with Gasteiger partial charge in [0.05, 0.1) is 35.0 Å². The number of hydrogen-bond donors (Lipinski definition) is 1. The van der Waals surface area contributed by atoms with Gasteiger partial charge < -0.3 is 5.73 Å². The molecule has 7 heteroatoms. The Balaban J connectivity index is 2.25. The quantitative estimate of drug-likeness (QED) is 0.922. The molecule has 0 fully saturated rings. The van der Waals surface area contributed by atoms with Crippen LogP contribution in [0.5, 0.6) is 0 Å². The van der Waals surface area contributed by atoms with Crippen LogP contribution in [0.15, 0.2) is 42.7 Å². The molecule has 108 valence electrons. The van der Waals surface area contributed by atoms with Crippen molar-refractivity contribution < 1.29 is 8.42 Å². The minimum absolute atomic E-state index is 0.170. The molecule has 1 heterocycles. The fourth-order valence-corrected chi connectivity index (χ4v) is 3.09. The van der Waals surface area contributed by atoms with Crippen LogP contribution in [0, 0.1) is 11.3 Å². The molecule has 0 aliphatic rings. The number of anilines is 2. The van der Waals surface area contributed by atoms with E-state index in [1.54, 1.807) is 30.3 Å². The van der Waals surface area contributed by atoms with E-state index in [0.29, 0.717) is 22.5 Å². The first-order valence-electron chi connectivity index (χ1n) is 6.09. The molecule has 0 saturated carbocycles. The molecule has 0 spiro atoms. The number of sulfonamides is 1. The number of nitrogens with two attached hydrogens (primary N) is 1. The second kappa shape index (κ2) is 5.81. The van der Waals surface area contributed by atoms with Crippen molar-refractivity contribution in [2.45, 2.75) is 5.75 Å². The minimum Gasteiger partial charge on any atom is -0.396 e. The molecule has 0 aliphatic carbocycles. The van der Waals surface area contributed by atoms with Crippen LogP contribution in [-0.2, 0) is 15.8 Å². The highest BCUT2D eigenvalue weighted by atomic mass is 32.2. The molecule has 0 aliphatic heterocycles. The summed E-state index contributed by atoms with van der Waals surface area (Å²) in [6.45, 7) is 0. The summed E-state index contributed by atoms with van der Waals surface area (Å²) in [5.74, 6) is -0.170. The first-order valence-corrected chi connectivity index (χ1v) is 7.70. The first kappa shape index (κ1) is 14.8. The van der Waals surface area contributed by atoms with Gasteiger partial charge in [-0.2, -0.15) is 5.26 Å². The van der Waals surface area contributed by atoms with Crippen LogP contribution in [0.25, 0.3) is 0 Å². The number of nitrogen functional groups attached to an aromatic ring is 1. The number of nitrogens with zero attached hydrogens (tertiary/aromatic N) is 3. The average molecular weight is 302 g/mol. The third kappa shape index (κ3) is 3.30.